The molecule has 0 aromatic carbocycles. The van der Waals surface area contributed by atoms with Gasteiger partial charge in [-0.05, 0) is 64.0 Å². The van der Waals surface area contributed by atoms with Crippen LogP contribution < -0.4 is 5.32 Å². The Kier molecular flexibility index (Phi) is 14.5. The van der Waals surface area contributed by atoms with Crippen molar-refractivity contribution in [2.75, 3.05) is 39.9 Å². The van der Waals surface area contributed by atoms with E-state index < -0.39 is 0 Å². The van der Waals surface area contributed by atoms with Crippen LogP contribution in [0.25, 0.3) is 0 Å². The Morgan fingerprint density at radius 3 is 2.04 bits per heavy atom. The molecule has 2 fully saturated rings. The third-order valence-corrected chi connectivity index (χ3v) is 5.73. The van der Waals surface area contributed by atoms with Gasteiger partial charge in [-0.2, -0.15) is 0 Å². The van der Waals surface area contributed by atoms with Gasteiger partial charge < -0.3 is 15.0 Å². The van der Waals surface area contributed by atoms with Crippen molar-refractivity contribution in [3.8, 4) is 0 Å². The molecular formula is C22H44N2O3. The van der Waals surface area contributed by atoms with Crippen LogP contribution in [0.15, 0.2) is 0 Å². The van der Waals surface area contributed by atoms with Gasteiger partial charge in [0.05, 0.1) is 13.2 Å². The van der Waals surface area contributed by atoms with E-state index in [2.05, 4.69) is 10.2 Å². The lowest BCUT2D eigenvalue weighted by molar-refractivity contribution is -0.126. The smallest absolute Gasteiger partial charge is 0.222 e. The van der Waals surface area contributed by atoms with Crippen molar-refractivity contribution in [3.63, 3.8) is 0 Å². The summed E-state index contributed by atoms with van der Waals surface area (Å²) >= 11 is 0. The van der Waals surface area contributed by atoms with E-state index in [0.29, 0.717) is 18.4 Å². The highest BCUT2D eigenvalue weighted by molar-refractivity contribution is 5.78. The molecule has 5 nitrogen and oxygen atoms in total. The number of nitrogens with one attached hydrogen (secondary N) is 1. The number of piperidine rings is 1. The molecular weight excluding hydrogens is 340 g/mol. The first kappa shape index (κ1) is 26.1. The fourth-order valence-electron chi connectivity index (χ4n) is 3.96. The number of likely N-dealkylation sites (tertiary alicyclic amines) is 1. The fourth-order valence-corrected chi connectivity index (χ4v) is 3.96. The Hall–Kier alpha value is -0.940. The number of rotatable bonds is 7. The topological polar surface area (TPSA) is 58.6 Å². The lowest BCUT2D eigenvalue weighted by Crippen LogP contribution is -2.44. The summed E-state index contributed by atoms with van der Waals surface area (Å²) in [6, 6.07) is 0. The zero-order chi connectivity index (χ0) is 20.7. The Morgan fingerprint density at radius 2 is 1.56 bits per heavy atom. The summed E-state index contributed by atoms with van der Waals surface area (Å²) in [6.45, 7) is 14.1. The summed E-state index contributed by atoms with van der Waals surface area (Å²) in [5, 5.41) is 2.79. The van der Waals surface area contributed by atoms with E-state index in [-0.39, 0.29) is 17.6 Å². The summed E-state index contributed by atoms with van der Waals surface area (Å²) in [7, 11) is 1.74. The first-order valence-corrected chi connectivity index (χ1v) is 11.1. The van der Waals surface area contributed by atoms with Crippen molar-refractivity contribution in [1.29, 1.82) is 0 Å². The van der Waals surface area contributed by atoms with E-state index in [4.69, 9.17) is 4.74 Å². The maximum atomic E-state index is 11.7. The Morgan fingerprint density at radius 1 is 1.00 bits per heavy atom. The van der Waals surface area contributed by atoms with E-state index in [1.165, 1.54) is 25.7 Å². The van der Waals surface area contributed by atoms with Gasteiger partial charge in [-0.25, -0.2) is 0 Å². The highest BCUT2D eigenvalue weighted by Crippen LogP contribution is 2.46. The first-order chi connectivity index (χ1) is 13.0. The van der Waals surface area contributed by atoms with Crippen LogP contribution in [0.1, 0.15) is 79.6 Å². The summed E-state index contributed by atoms with van der Waals surface area (Å²) in [4.78, 5) is 25.1. The number of hydrogen-bond acceptors (Lipinski definition) is 4. The SMILES string of the molecule is CC.CC.CNC(=O)C1CCC2(CC1)CCN(CCOCCC(C)=O)CC2. The molecule has 1 amide bonds. The molecule has 0 atom stereocenters. The van der Waals surface area contributed by atoms with Crippen molar-refractivity contribution in [2.45, 2.75) is 79.6 Å². The second kappa shape index (κ2) is 15.0. The minimum atomic E-state index is 0.192. The van der Waals surface area contributed by atoms with E-state index in [9.17, 15) is 9.59 Å². The van der Waals surface area contributed by atoms with Gasteiger partial charge in [-0.1, -0.05) is 27.7 Å². The molecule has 160 valence electrons. The number of ketones is 1. The minimum Gasteiger partial charge on any atom is -0.380 e. The van der Waals surface area contributed by atoms with Crippen molar-refractivity contribution < 1.29 is 14.3 Å². The number of Topliss-reactive ketones (excluding diaryl/α,β-unsaturated/α-hetero) is 1. The molecule has 0 radical (unpaired) electrons. The Labute approximate surface area is 167 Å². The third kappa shape index (κ3) is 9.70. The molecule has 5 heteroatoms. The molecule has 1 saturated heterocycles. The number of ether oxygens (including phenoxy) is 1. The average molecular weight is 385 g/mol. The maximum absolute atomic E-state index is 11.7. The van der Waals surface area contributed by atoms with Gasteiger partial charge in [-0.3, -0.25) is 9.59 Å². The molecule has 1 heterocycles. The van der Waals surface area contributed by atoms with Gasteiger partial charge in [0.15, 0.2) is 0 Å². The summed E-state index contributed by atoms with van der Waals surface area (Å²) < 4.78 is 5.53. The second-order valence-electron chi connectivity index (χ2n) is 7.29. The fraction of sp³-hybridized carbons (Fsp3) is 0.909. The quantitative estimate of drug-likeness (QED) is 0.673. The van der Waals surface area contributed by atoms with Crippen LogP contribution in [0, 0.1) is 11.3 Å². The van der Waals surface area contributed by atoms with Crippen molar-refractivity contribution in [2.24, 2.45) is 11.3 Å². The average Bonchev–Trinajstić information content (AvgIpc) is 2.72. The van der Waals surface area contributed by atoms with E-state index in [1.807, 2.05) is 27.7 Å². The lowest BCUT2D eigenvalue weighted by atomic mass is 9.65. The molecule has 1 aliphatic heterocycles. The normalized spacial score (nSPS) is 19.3. The molecule has 1 saturated carbocycles. The highest BCUT2D eigenvalue weighted by atomic mass is 16.5. The molecule has 0 unspecified atom stereocenters. The molecule has 2 rings (SSSR count). The Bertz CT molecular complexity index is 394. The predicted molar refractivity (Wildman–Crippen MR) is 113 cm³/mol. The molecule has 0 bridgehead atoms. The van der Waals surface area contributed by atoms with Crippen molar-refractivity contribution in [1.82, 2.24) is 10.2 Å². The van der Waals surface area contributed by atoms with Gasteiger partial charge in [-0.15, -0.1) is 0 Å². The van der Waals surface area contributed by atoms with Gasteiger partial charge in [0.1, 0.15) is 5.78 Å². The largest absolute Gasteiger partial charge is 0.380 e. The molecule has 0 aromatic heterocycles. The summed E-state index contributed by atoms with van der Waals surface area (Å²) in [6.07, 6.45) is 7.53. The number of hydrogen-bond donors (Lipinski definition) is 1. The summed E-state index contributed by atoms with van der Waals surface area (Å²) in [5.74, 6) is 0.649. The second-order valence-corrected chi connectivity index (χ2v) is 7.29. The Balaban J connectivity index is 0.00000158. The molecule has 1 spiro atoms. The van der Waals surface area contributed by atoms with Gasteiger partial charge >= 0.3 is 0 Å². The van der Waals surface area contributed by atoms with Crippen LogP contribution in [0.3, 0.4) is 0 Å². The van der Waals surface area contributed by atoms with Crippen LogP contribution in [0.5, 0.6) is 0 Å². The van der Waals surface area contributed by atoms with Crippen LogP contribution in [-0.2, 0) is 14.3 Å². The highest BCUT2D eigenvalue weighted by Gasteiger charge is 2.39. The maximum Gasteiger partial charge on any atom is 0.222 e. The van der Waals surface area contributed by atoms with Crippen LogP contribution in [0.2, 0.25) is 0 Å². The number of carbonyl (C=O) groups is 2. The third-order valence-electron chi connectivity index (χ3n) is 5.73. The predicted octanol–water partition coefficient (Wildman–Crippen LogP) is 4.05. The van der Waals surface area contributed by atoms with Crippen LogP contribution >= 0.6 is 0 Å². The van der Waals surface area contributed by atoms with Gasteiger partial charge in [0.2, 0.25) is 5.91 Å². The molecule has 2 aliphatic rings. The molecule has 1 N–H and O–H groups in total. The number of nitrogens with zero attached hydrogens (tertiary/aromatic N) is 1. The summed E-state index contributed by atoms with van der Waals surface area (Å²) in [5.41, 5.74) is 0.483. The standard InChI is InChI=1S/C18H32N2O3.2C2H6/c1-15(21)5-13-23-14-12-20-10-8-18(9-11-20)6-3-16(4-7-18)17(22)19-2;2*1-2/h16H,3-14H2,1-2H3,(H,19,22);2*1-2H3. The number of carbonyl (C=O) groups excluding carboxylic acids is 2. The zero-order valence-corrected chi connectivity index (χ0v) is 18.7. The van der Waals surface area contributed by atoms with Crippen LogP contribution in [-0.4, -0.2) is 56.5 Å². The van der Waals surface area contributed by atoms with Crippen molar-refractivity contribution >= 4 is 11.7 Å². The molecule has 27 heavy (non-hydrogen) atoms. The molecule has 0 aromatic rings. The van der Waals surface area contributed by atoms with Gasteiger partial charge in [0, 0.05) is 25.9 Å². The zero-order valence-electron chi connectivity index (χ0n) is 18.7. The van der Waals surface area contributed by atoms with E-state index in [1.54, 1.807) is 14.0 Å². The van der Waals surface area contributed by atoms with Crippen LogP contribution in [0.4, 0.5) is 0 Å². The van der Waals surface area contributed by atoms with E-state index in [0.717, 1.165) is 39.1 Å². The van der Waals surface area contributed by atoms with Gasteiger partial charge in [0.25, 0.3) is 0 Å². The van der Waals surface area contributed by atoms with E-state index >= 15 is 0 Å². The lowest BCUT2D eigenvalue weighted by Gasteiger charge is -2.45. The van der Waals surface area contributed by atoms with Crippen molar-refractivity contribution in [3.05, 3.63) is 0 Å². The minimum absolute atomic E-state index is 0.192. The number of amides is 1. The first-order valence-electron chi connectivity index (χ1n) is 11.1. The molecule has 1 aliphatic carbocycles. The monoisotopic (exact) mass is 384 g/mol.